The van der Waals surface area contributed by atoms with Gasteiger partial charge in [0, 0.05) is 5.92 Å². The number of carboxylic acid groups (broad SMARTS) is 1. The summed E-state index contributed by atoms with van der Waals surface area (Å²) in [6.07, 6.45) is 1.05. The fraction of sp³-hybridized carbons (Fsp3) is 0.500. The lowest BCUT2D eigenvalue weighted by atomic mass is 10.0. The Labute approximate surface area is 85.5 Å². The molecule has 15 heavy (non-hydrogen) atoms. The summed E-state index contributed by atoms with van der Waals surface area (Å²) in [5, 5.41) is 14.8. The molecule has 0 aromatic carbocycles. The molecule has 0 spiro atoms. The molecule has 1 rings (SSSR count). The minimum Gasteiger partial charge on any atom is -0.481 e. The number of aliphatic carboxylic acids is 1. The van der Waals surface area contributed by atoms with Gasteiger partial charge in [-0.2, -0.15) is 5.10 Å². The zero-order valence-corrected chi connectivity index (χ0v) is 8.14. The molecule has 2 N–H and O–H groups in total. The molecule has 0 bridgehead atoms. The summed E-state index contributed by atoms with van der Waals surface area (Å²) < 4.78 is 4.47. The second-order valence-corrected chi connectivity index (χ2v) is 2.95. The summed E-state index contributed by atoms with van der Waals surface area (Å²) in [5.41, 5.74) is 0. The first-order chi connectivity index (χ1) is 7.13. The fourth-order valence-electron chi connectivity index (χ4n) is 1.17. The molecule has 1 heterocycles. The number of rotatable bonds is 5. The van der Waals surface area contributed by atoms with Crippen molar-refractivity contribution in [1.82, 2.24) is 15.2 Å². The van der Waals surface area contributed by atoms with Crippen LogP contribution in [0.3, 0.4) is 0 Å². The second kappa shape index (κ2) is 5.08. The van der Waals surface area contributed by atoms with Crippen LogP contribution < -0.4 is 0 Å². The number of hydrogen-bond acceptors (Lipinski definition) is 5. The third kappa shape index (κ3) is 3.37. The molecule has 0 amide bonds. The number of carboxylic acids is 1. The van der Waals surface area contributed by atoms with E-state index in [0.717, 1.165) is 0 Å². The highest BCUT2D eigenvalue weighted by atomic mass is 16.5. The Balaban J connectivity index is 2.70. The van der Waals surface area contributed by atoms with Crippen LogP contribution >= 0.6 is 0 Å². The lowest BCUT2D eigenvalue weighted by Gasteiger charge is -2.09. The van der Waals surface area contributed by atoms with Crippen molar-refractivity contribution in [2.45, 2.75) is 18.8 Å². The van der Waals surface area contributed by atoms with E-state index < -0.39 is 17.9 Å². The average Bonchev–Trinajstić information content (AvgIpc) is 2.68. The van der Waals surface area contributed by atoms with Crippen LogP contribution in [0.2, 0.25) is 0 Å². The topological polar surface area (TPSA) is 105 Å². The molecule has 0 saturated heterocycles. The van der Waals surface area contributed by atoms with E-state index in [4.69, 9.17) is 5.11 Å². The molecule has 82 valence electrons. The normalized spacial score (nSPS) is 12.1. The van der Waals surface area contributed by atoms with E-state index in [-0.39, 0.29) is 12.8 Å². The first-order valence-electron chi connectivity index (χ1n) is 4.27. The number of hydrogen-bond donors (Lipinski definition) is 2. The average molecular weight is 213 g/mol. The van der Waals surface area contributed by atoms with E-state index in [1.54, 1.807) is 0 Å². The van der Waals surface area contributed by atoms with Crippen molar-refractivity contribution < 1.29 is 19.4 Å². The van der Waals surface area contributed by atoms with Crippen molar-refractivity contribution in [3.63, 3.8) is 0 Å². The van der Waals surface area contributed by atoms with Gasteiger partial charge >= 0.3 is 11.9 Å². The van der Waals surface area contributed by atoms with Gasteiger partial charge < -0.3 is 9.84 Å². The Morgan fingerprint density at radius 1 is 1.60 bits per heavy atom. The smallest absolute Gasteiger partial charge is 0.306 e. The minimum absolute atomic E-state index is 0.0298. The maximum atomic E-state index is 11.0. The van der Waals surface area contributed by atoms with Crippen molar-refractivity contribution >= 4 is 11.9 Å². The van der Waals surface area contributed by atoms with Crippen molar-refractivity contribution in [3.05, 3.63) is 12.2 Å². The zero-order chi connectivity index (χ0) is 11.3. The number of nitrogens with zero attached hydrogens (tertiary/aromatic N) is 2. The summed E-state index contributed by atoms with van der Waals surface area (Å²) in [6.45, 7) is 0. The SMILES string of the molecule is COC(=O)CC(CC(=O)O)c1ncn[nH]1. The van der Waals surface area contributed by atoms with Crippen molar-refractivity contribution in [2.24, 2.45) is 0 Å². The van der Waals surface area contributed by atoms with E-state index in [1.807, 2.05) is 0 Å². The van der Waals surface area contributed by atoms with E-state index >= 15 is 0 Å². The Morgan fingerprint density at radius 3 is 2.80 bits per heavy atom. The summed E-state index contributed by atoms with van der Waals surface area (Å²) in [6, 6.07) is 0. The molecule has 1 aromatic heterocycles. The number of aromatic amines is 1. The van der Waals surface area contributed by atoms with Gasteiger partial charge in [-0.3, -0.25) is 14.7 Å². The number of H-pyrrole nitrogens is 1. The summed E-state index contributed by atoms with van der Waals surface area (Å²) in [7, 11) is 1.25. The van der Waals surface area contributed by atoms with Crippen LogP contribution in [0.15, 0.2) is 6.33 Å². The molecular formula is C8H11N3O4. The second-order valence-electron chi connectivity index (χ2n) is 2.95. The van der Waals surface area contributed by atoms with E-state index in [0.29, 0.717) is 5.82 Å². The first-order valence-corrected chi connectivity index (χ1v) is 4.27. The highest BCUT2D eigenvalue weighted by Gasteiger charge is 2.22. The number of carbonyl (C=O) groups excluding carboxylic acids is 1. The number of carbonyl (C=O) groups is 2. The number of nitrogens with one attached hydrogen (secondary N) is 1. The first kappa shape index (κ1) is 11.2. The van der Waals surface area contributed by atoms with Crippen molar-refractivity contribution in [1.29, 1.82) is 0 Å². The summed E-state index contributed by atoms with van der Waals surface area (Å²) >= 11 is 0. The standard InChI is InChI=1S/C8H11N3O4/c1-15-7(14)3-5(2-6(12)13)8-9-4-10-11-8/h4-5H,2-3H2,1H3,(H,12,13)(H,9,10,11). The largest absolute Gasteiger partial charge is 0.481 e. The molecule has 7 heteroatoms. The molecular weight excluding hydrogens is 202 g/mol. The number of ether oxygens (including phenoxy) is 1. The fourth-order valence-corrected chi connectivity index (χ4v) is 1.17. The Bertz CT molecular complexity index is 336. The van der Waals surface area contributed by atoms with Crippen LogP contribution in [-0.2, 0) is 14.3 Å². The predicted octanol–water partition coefficient (Wildman–Crippen LogP) is -0.0739. The van der Waals surface area contributed by atoms with Gasteiger partial charge in [-0.05, 0) is 0 Å². The van der Waals surface area contributed by atoms with Crippen LogP contribution in [0, 0.1) is 0 Å². The molecule has 0 saturated carbocycles. The Morgan fingerprint density at radius 2 is 2.33 bits per heavy atom. The third-order valence-electron chi connectivity index (χ3n) is 1.88. The monoisotopic (exact) mass is 213 g/mol. The molecule has 0 aliphatic heterocycles. The van der Waals surface area contributed by atoms with Crippen LogP contribution in [0.1, 0.15) is 24.6 Å². The van der Waals surface area contributed by atoms with Crippen LogP contribution in [-0.4, -0.2) is 39.3 Å². The van der Waals surface area contributed by atoms with Crippen molar-refractivity contribution in [2.75, 3.05) is 7.11 Å². The lowest BCUT2D eigenvalue weighted by molar-refractivity contribution is -0.142. The van der Waals surface area contributed by atoms with Crippen LogP contribution in [0.25, 0.3) is 0 Å². The predicted molar refractivity (Wildman–Crippen MR) is 48.0 cm³/mol. The van der Waals surface area contributed by atoms with Gasteiger partial charge in [-0.15, -0.1) is 0 Å². The van der Waals surface area contributed by atoms with Crippen LogP contribution in [0.5, 0.6) is 0 Å². The van der Waals surface area contributed by atoms with E-state index in [2.05, 4.69) is 19.9 Å². The van der Waals surface area contributed by atoms with Gasteiger partial charge in [-0.1, -0.05) is 0 Å². The molecule has 7 nitrogen and oxygen atoms in total. The molecule has 0 fully saturated rings. The summed E-state index contributed by atoms with van der Waals surface area (Å²) in [5.74, 6) is -1.63. The molecule has 0 aliphatic carbocycles. The third-order valence-corrected chi connectivity index (χ3v) is 1.88. The maximum Gasteiger partial charge on any atom is 0.306 e. The molecule has 1 unspecified atom stereocenters. The minimum atomic E-state index is -1.000. The molecule has 1 aromatic rings. The maximum absolute atomic E-state index is 11.0. The van der Waals surface area contributed by atoms with Gasteiger partial charge in [-0.25, -0.2) is 4.98 Å². The van der Waals surface area contributed by atoms with Gasteiger partial charge in [0.05, 0.1) is 20.0 Å². The van der Waals surface area contributed by atoms with Gasteiger partial charge in [0.25, 0.3) is 0 Å². The van der Waals surface area contributed by atoms with E-state index in [1.165, 1.54) is 13.4 Å². The quantitative estimate of drug-likeness (QED) is 0.663. The number of methoxy groups -OCH3 is 1. The van der Waals surface area contributed by atoms with Crippen molar-refractivity contribution in [3.8, 4) is 0 Å². The molecule has 0 aliphatic rings. The van der Waals surface area contributed by atoms with E-state index in [9.17, 15) is 9.59 Å². The highest BCUT2D eigenvalue weighted by molar-refractivity contribution is 5.73. The molecule has 0 radical (unpaired) electrons. The Hall–Kier alpha value is -1.92. The number of aromatic nitrogens is 3. The molecule has 1 atom stereocenters. The van der Waals surface area contributed by atoms with Gasteiger partial charge in [0.2, 0.25) is 0 Å². The van der Waals surface area contributed by atoms with Gasteiger partial charge in [0.15, 0.2) is 0 Å². The summed E-state index contributed by atoms with van der Waals surface area (Å²) in [4.78, 5) is 25.4. The highest BCUT2D eigenvalue weighted by Crippen LogP contribution is 2.19. The number of esters is 1. The Kier molecular flexibility index (Phi) is 3.78. The van der Waals surface area contributed by atoms with Crippen LogP contribution in [0.4, 0.5) is 0 Å². The lowest BCUT2D eigenvalue weighted by Crippen LogP contribution is -2.13. The zero-order valence-electron chi connectivity index (χ0n) is 8.14. The van der Waals surface area contributed by atoms with Gasteiger partial charge in [0.1, 0.15) is 12.2 Å².